The van der Waals surface area contributed by atoms with Crippen molar-refractivity contribution in [1.82, 2.24) is 9.97 Å². The molecule has 100 valence electrons. The molecule has 1 aromatic heterocycles. The molecular formula is C14H10ClIN4. The molecule has 0 saturated heterocycles. The van der Waals surface area contributed by atoms with Gasteiger partial charge >= 0.3 is 0 Å². The van der Waals surface area contributed by atoms with Crippen molar-refractivity contribution in [2.24, 2.45) is 0 Å². The minimum atomic E-state index is 0.229. The Balaban J connectivity index is 2.10. The molecule has 0 spiro atoms. The fraction of sp³-hybridized carbons (Fsp3) is 0. The van der Waals surface area contributed by atoms with Gasteiger partial charge in [0.05, 0.1) is 16.2 Å². The van der Waals surface area contributed by atoms with E-state index in [2.05, 4.69) is 37.9 Å². The van der Waals surface area contributed by atoms with E-state index in [1.807, 2.05) is 42.5 Å². The van der Waals surface area contributed by atoms with Crippen LogP contribution in [0.3, 0.4) is 0 Å². The number of halogens is 2. The van der Waals surface area contributed by atoms with Crippen LogP contribution in [0.15, 0.2) is 42.5 Å². The lowest BCUT2D eigenvalue weighted by Crippen LogP contribution is -2.01. The summed E-state index contributed by atoms with van der Waals surface area (Å²) in [4.78, 5) is 8.46. The van der Waals surface area contributed by atoms with E-state index in [9.17, 15) is 0 Å². The summed E-state index contributed by atoms with van der Waals surface area (Å²) in [5, 5.41) is 4.75. The lowest BCUT2D eigenvalue weighted by molar-refractivity contribution is 1.23. The van der Waals surface area contributed by atoms with E-state index < -0.39 is 0 Å². The molecule has 6 heteroatoms. The van der Waals surface area contributed by atoms with Crippen molar-refractivity contribution in [1.29, 1.82) is 0 Å². The molecule has 0 amide bonds. The fourth-order valence-corrected chi connectivity index (χ4v) is 2.81. The molecule has 2 aromatic carbocycles. The fourth-order valence-electron chi connectivity index (χ4n) is 1.91. The highest BCUT2D eigenvalue weighted by molar-refractivity contribution is 14.1. The Kier molecular flexibility index (Phi) is 3.62. The summed E-state index contributed by atoms with van der Waals surface area (Å²) >= 11 is 8.44. The summed E-state index contributed by atoms with van der Waals surface area (Å²) in [7, 11) is 0. The summed E-state index contributed by atoms with van der Waals surface area (Å²) < 4.78 is 1.07. The lowest BCUT2D eigenvalue weighted by Gasteiger charge is -2.11. The summed E-state index contributed by atoms with van der Waals surface area (Å²) in [6.07, 6.45) is 0. The van der Waals surface area contributed by atoms with Crippen LogP contribution in [0.2, 0.25) is 5.02 Å². The second-order valence-corrected chi connectivity index (χ2v) is 5.85. The molecule has 1 heterocycles. The highest BCUT2D eigenvalue weighted by atomic mass is 127. The van der Waals surface area contributed by atoms with Gasteiger partial charge in [-0.25, -0.2) is 4.98 Å². The third kappa shape index (κ3) is 2.64. The second-order valence-electron chi connectivity index (χ2n) is 4.20. The molecule has 4 nitrogen and oxygen atoms in total. The number of aromatic nitrogens is 2. The predicted octanol–water partition coefficient (Wildman–Crippen LogP) is 4.21. The van der Waals surface area contributed by atoms with E-state index in [0.717, 1.165) is 20.2 Å². The Bertz CT molecular complexity index is 791. The molecule has 0 bridgehead atoms. The van der Waals surface area contributed by atoms with Crippen LogP contribution in [0.5, 0.6) is 0 Å². The molecule has 20 heavy (non-hydrogen) atoms. The van der Waals surface area contributed by atoms with Crippen LogP contribution < -0.4 is 11.1 Å². The second kappa shape index (κ2) is 5.41. The maximum Gasteiger partial charge on any atom is 0.222 e. The zero-order chi connectivity index (χ0) is 14.1. The van der Waals surface area contributed by atoms with Crippen LogP contribution in [0.25, 0.3) is 10.9 Å². The predicted molar refractivity (Wildman–Crippen MR) is 91.4 cm³/mol. The topological polar surface area (TPSA) is 63.8 Å². The molecule has 3 aromatic rings. The minimum Gasteiger partial charge on any atom is -0.368 e. The molecule has 0 atom stereocenters. The van der Waals surface area contributed by atoms with Crippen molar-refractivity contribution >= 4 is 62.5 Å². The van der Waals surface area contributed by atoms with Gasteiger partial charge in [0.1, 0.15) is 5.82 Å². The van der Waals surface area contributed by atoms with E-state index >= 15 is 0 Å². The summed E-state index contributed by atoms with van der Waals surface area (Å²) in [5.41, 5.74) is 7.33. The van der Waals surface area contributed by atoms with Crippen LogP contribution in [0, 0.1) is 3.57 Å². The normalized spacial score (nSPS) is 10.7. The zero-order valence-electron chi connectivity index (χ0n) is 10.3. The van der Waals surface area contributed by atoms with Gasteiger partial charge in [0.2, 0.25) is 5.95 Å². The largest absolute Gasteiger partial charge is 0.368 e. The van der Waals surface area contributed by atoms with Gasteiger partial charge in [-0.2, -0.15) is 4.98 Å². The molecule has 3 N–H and O–H groups in total. The number of fused-ring (bicyclic) bond motifs is 1. The zero-order valence-corrected chi connectivity index (χ0v) is 13.2. The van der Waals surface area contributed by atoms with Gasteiger partial charge in [-0.1, -0.05) is 23.7 Å². The van der Waals surface area contributed by atoms with Crippen molar-refractivity contribution in [3.8, 4) is 0 Å². The van der Waals surface area contributed by atoms with Gasteiger partial charge in [0.15, 0.2) is 0 Å². The molecular weight excluding hydrogens is 387 g/mol. The first-order chi connectivity index (χ1) is 9.63. The standard InChI is InChI=1S/C14H10ClIN4/c15-10-7-8(16)5-6-12(10)18-13-9-3-1-2-4-11(9)19-14(17)20-13/h1-7H,(H3,17,18,19,20). The Hall–Kier alpha value is -1.60. The van der Waals surface area contributed by atoms with Crippen molar-refractivity contribution in [3.05, 3.63) is 51.1 Å². The molecule has 0 radical (unpaired) electrons. The molecule has 0 saturated carbocycles. The smallest absolute Gasteiger partial charge is 0.222 e. The Morgan fingerprint density at radius 1 is 1.10 bits per heavy atom. The maximum absolute atomic E-state index is 6.23. The van der Waals surface area contributed by atoms with Crippen LogP contribution >= 0.6 is 34.2 Å². The SMILES string of the molecule is Nc1nc(Nc2ccc(I)cc2Cl)c2ccccc2n1. The first-order valence-electron chi connectivity index (χ1n) is 5.88. The minimum absolute atomic E-state index is 0.229. The molecule has 0 aliphatic carbocycles. The van der Waals surface area contributed by atoms with Gasteiger partial charge in [-0.3, -0.25) is 0 Å². The summed E-state index contributed by atoms with van der Waals surface area (Å²) in [6.45, 7) is 0. The number of nitrogen functional groups attached to an aromatic ring is 1. The third-order valence-electron chi connectivity index (χ3n) is 2.80. The van der Waals surface area contributed by atoms with Gasteiger partial charge < -0.3 is 11.1 Å². The van der Waals surface area contributed by atoms with E-state index in [4.69, 9.17) is 17.3 Å². The van der Waals surface area contributed by atoms with E-state index in [-0.39, 0.29) is 5.95 Å². The van der Waals surface area contributed by atoms with Crippen molar-refractivity contribution < 1.29 is 0 Å². The van der Waals surface area contributed by atoms with E-state index in [1.54, 1.807) is 0 Å². The number of hydrogen-bond donors (Lipinski definition) is 2. The summed E-state index contributed by atoms with van der Waals surface area (Å²) in [6, 6.07) is 13.5. The highest BCUT2D eigenvalue weighted by Gasteiger charge is 2.08. The number of benzene rings is 2. The molecule has 0 aliphatic heterocycles. The van der Waals surface area contributed by atoms with Gasteiger partial charge in [0.25, 0.3) is 0 Å². The molecule has 0 fully saturated rings. The summed E-state index contributed by atoms with van der Waals surface area (Å²) in [5.74, 6) is 0.879. The Labute approximate surface area is 134 Å². The lowest BCUT2D eigenvalue weighted by atomic mass is 10.2. The number of hydrogen-bond acceptors (Lipinski definition) is 4. The number of nitrogens with two attached hydrogens (primary N) is 1. The Morgan fingerprint density at radius 3 is 2.70 bits per heavy atom. The van der Waals surface area contributed by atoms with Crippen molar-refractivity contribution in [2.75, 3.05) is 11.1 Å². The molecule has 0 aliphatic rings. The van der Waals surface area contributed by atoms with Crippen molar-refractivity contribution in [3.63, 3.8) is 0 Å². The number of nitrogens with zero attached hydrogens (tertiary/aromatic N) is 2. The third-order valence-corrected chi connectivity index (χ3v) is 3.79. The average Bonchev–Trinajstić information content (AvgIpc) is 2.41. The van der Waals surface area contributed by atoms with Crippen LogP contribution in [-0.4, -0.2) is 9.97 Å². The number of rotatable bonds is 2. The molecule has 0 unspecified atom stereocenters. The highest BCUT2D eigenvalue weighted by Crippen LogP contribution is 2.29. The first-order valence-corrected chi connectivity index (χ1v) is 7.33. The first kappa shape index (κ1) is 13.4. The van der Waals surface area contributed by atoms with Gasteiger partial charge in [-0.05, 0) is 52.9 Å². The maximum atomic E-state index is 6.23. The van der Waals surface area contributed by atoms with Crippen LogP contribution in [0.1, 0.15) is 0 Å². The Morgan fingerprint density at radius 2 is 1.90 bits per heavy atom. The van der Waals surface area contributed by atoms with Gasteiger partial charge in [-0.15, -0.1) is 0 Å². The van der Waals surface area contributed by atoms with Crippen LogP contribution in [0.4, 0.5) is 17.5 Å². The number of nitrogens with one attached hydrogen (secondary N) is 1. The monoisotopic (exact) mass is 396 g/mol. The number of anilines is 3. The van der Waals surface area contributed by atoms with E-state index in [1.165, 1.54) is 0 Å². The number of para-hydroxylation sites is 1. The average molecular weight is 397 g/mol. The molecule has 3 rings (SSSR count). The van der Waals surface area contributed by atoms with E-state index in [0.29, 0.717) is 10.8 Å². The van der Waals surface area contributed by atoms with Gasteiger partial charge in [0, 0.05) is 8.96 Å². The van der Waals surface area contributed by atoms with Crippen LogP contribution in [-0.2, 0) is 0 Å². The van der Waals surface area contributed by atoms with Crippen molar-refractivity contribution in [2.45, 2.75) is 0 Å². The quantitative estimate of drug-likeness (QED) is 0.637.